The number of esters is 1. The largest absolute Gasteiger partial charge is 0.464 e. The molecule has 4 heteroatoms. The number of aromatic nitrogens is 2. The second kappa shape index (κ2) is 4.47. The van der Waals surface area contributed by atoms with Crippen LogP contribution in [0.4, 0.5) is 0 Å². The van der Waals surface area contributed by atoms with Crippen molar-refractivity contribution in [2.75, 3.05) is 7.11 Å². The van der Waals surface area contributed by atoms with Crippen LogP contribution in [0.25, 0.3) is 0 Å². The Morgan fingerprint density at radius 2 is 2.20 bits per heavy atom. The smallest absolute Gasteiger partial charge is 0.356 e. The van der Waals surface area contributed by atoms with Gasteiger partial charge < -0.3 is 9.72 Å². The minimum atomic E-state index is -0.343. The Kier molecular flexibility index (Phi) is 3.04. The highest BCUT2D eigenvalue weighted by atomic mass is 16.5. The van der Waals surface area contributed by atoms with Gasteiger partial charge in [-0.3, -0.25) is 0 Å². The standard InChI is InChI=1S/C11H16N2O2/c1-15-11(14)9-7-12-10(13-9)8-5-3-2-4-6-8/h7-8H,2-6H2,1H3,(H,12,13). The number of rotatable bonds is 2. The number of nitrogens with one attached hydrogen (secondary N) is 1. The quantitative estimate of drug-likeness (QED) is 0.758. The first-order valence-corrected chi connectivity index (χ1v) is 5.44. The fourth-order valence-electron chi connectivity index (χ4n) is 2.13. The molecule has 82 valence electrons. The summed E-state index contributed by atoms with van der Waals surface area (Å²) in [7, 11) is 1.38. The van der Waals surface area contributed by atoms with Crippen LogP contribution < -0.4 is 0 Å². The first kappa shape index (κ1) is 10.2. The molecule has 4 nitrogen and oxygen atoms in total. The van der Waals surface area contributed by atoms with Crippen molar-refractivity contribution in [3.63, 3.8) is 0 Å². The molecule has 1 aromatic heterocycles. The van der Waals surface area contributed by atoms with Gasteiger partial charge in [0, 0.05) is 5.92 Å². The van der Waals surface area contributed by atoms with Crippen molar-refractivity contribution in [3.8, 4) is 0 Å². The highest BCUT2D eigenvalue weighted by molar-refractivity contribution is 5.86. The summed E-state index contributed by atoms with van der Waals surface area (Å²) in [5, 5.41) is 0. The van der Waals surface area contributed by atoms with Crippen LogP contribution in [-0.2, 0) is 4.74 Å². The maximum Gasteiger partial charge on any atom is 0.356 e. The van der Waals surface area contributed by atoms with Crippen LogP contribution in [0, 0.1) is 0 Å². The zero-order valence-corrected chi connectivity index (χ0v) is 8.95. The van der Waals surface area contributed by atoms with E-state index in [4.69, 9.17) is 0 Å². The van der Waals surface area contributed by atoms with Crippen LogP contribution >= 0.6 is 0 Å². The maximum atomic E-state index is 11.2. The SMILES string of the molecule is COC(=O)c1cnc(C2CCCCC2)[nH]1. The Labute approximate surface area is 89.0 Å². The van der Waals surface area contributed by atoms with Gasteiger partial charge in [-0.25, -0.2) is 9.78 Å². The predicted octanol–water partition coefficient (Wildman–Crippen LogP) is 2.24. The van der Waals surface area contributed by atoms with Gasteiger partial charge in [0.1, 0.15) is 11.5 Å². The highest BCUT2D eigenvalue weighted by Gasteiger charge is 2.19. The van der Waals surface area contributed by atoms with E-state index < -0.39 is 0 Å². The number of nitrogens with zero attached hydrogens (tertiary/aromatic N) is 1. The topological polar surface area (TPSA) is 55.0 Å². The lowest BCUT2D eigenvalue weighted by molar-refractivity contribution is 0.0594. The number of carbonyl (C=O) groups is 1. The molecule has 1 aliphatic carbocycles. The van der Waals surface area contributed by atoms with Crippen LogP contribution in [0.15, 0.2) is 6.20 Å². The van der Waals surface area contributed by atoms with Crippen LogP contribution in [0.2, 0.25) is 0 Å². The minimum absolute atomic E-state index is 0.343. The van der Waals surface area contributed by atoms with E-state index in [-0.39, 0.29) is 5.97 Å². The first-order valence-electron chi connectivity index (χ1n) is 5.44. The Morgan fingerprint density at radius 1 is 1.47 bits per heavy atom. The monoisotopic (exact) mass is 208 g/mol. The number of ether oxygens (including phenoxy) is 1. The number of carbonyl (C=O) groups excluding carboxylic acids is 1. The molecule has 0 saturated heterocycles. The van der Waals surface area contributed by atoms with Gasteiger partial charge in [0.05, 0.1) is 13.3 Å². The van der Waals surface area contributed by atoms with Crippen LogP contribution in [0.5, 0.6) is 0 Å². The summed E-state index contributed by atoms with van der Waals surface area (Å²) in [5.74, 6) is 1.09. The molecule has 1 saturated carbocycles. The van der Waals surface area contributed by atoms with E-state index in [1.54, 1.807) is 6.20 Å². The Balaban J connectivity index is 2.08. The molecule has 1 heterocycles. The molecule has 0 spiro atoms. The molecular weight excluding hydrogens is 192 g/mol. The van der Waals surface area contributed by atoms with Crippen molar-refractivity contribution in [2.45, 2.75) is 38.0 Å². The Morgan fingerprint density at radius 3 is 2.87 bits per heavy atom. The number of H-pyrrole nitrogens is 1. The number of hydrogen-bond acceptors (Lipinski definition) is 3. The normalized spacial score (nSPS) is 17.7. The minimum Gasteiger partial charge on any atom is -0.464 e. The van der Waals surface area contributed by atoms with E-state index in [1.165, 1.54) is 39.2 Å². The lowest BCUT2D eigenvalue weighted by Gasteiger charge is -2.19. The Bertz CT molecular complexity index is 340. The molecule has 0 atom stereocenters. The molecular formula is C11H16N2O2. The molecule has 0 unspecified atom stereocenters. The summed E-state index contributed by atoms with van der Waals surface area (Å²) in [5.41, 5.74) is 0.457. The summed E-state index contributed by atoms with van der Waals surface area (Å²) in [6, 6.07) is 0. The molecule has 0 amide bonds. The van der Waals surface area contributed by atoms with Crippen molar-refractivity contribution < 1.29 is 9.53 Å². The fourth-order valence-corrected chi connectivity index (χ4v) is 2.13. The van der Waals surface area contributed by atoms with E-state index in [0.29, 0.717) is 11.6 Å². The number of hydrogen-bond donors (Lipinski definition) is 1. The van der Waals surface area contributed by atoms with Crippen molar-refractivity contribution in [1.29, 1.82) is 0 Å². The molecule has 1 N–H and O–H groups in total. The lowest BCUT2D eigenvalue weighted by Crippen LogP contribution is -2.07. The molecule has 0 aliphatic heterocycles. The molecule has 1 aliphatic rings. The van der Waals surface area contributed by atoms with E-state index in [9.17, 15) is 4.79 Å². The summed E-state index contributed by atoms with van der Waals surface area (Å²) in [6.07, 6.45) is 7.76. The van der Waals surface area contributed by atoms with Crippen LogP contribution in [0.3, 0.4) is 0 Å². The van der Waals surface area contributed by atoms with Crippen molar-refractivity contribution in [3.05, 3.63) is 17.7 Å². The summed E-state index contributed by atoms with van der Waals surface area (Å²) < 4.78 is 4.63. The maximum absolute atomic E-state index is 11.2. The van der Waals surface area contributed by atoms with Gasteiger partial charge in [-0.1, -0.05) is 19.3 Å². The lowest BCUT2D eigenvalue weighted by atomic mass is 9.89. The molecule has 0 radical (unpaired) electrons. The van der Waals surface area contributed by atoms with E-state index in [0.717, 1.165) is 5.82 Å². The summed E-state index contributed by atoms with van der Waals surface area (Å²) in [6.45, 7) is 0. The molecule has 0 bridgehead atoms. The summed E-state index contributed by atoms with van der Waals surface area (Å²) in [4.78, 5) is 18.5. The third-order valence-corrected chi connectivity index (χ3v) is 2.99. The van der Waals surface area contributed by atoms with E-state index in [2.05, 4.69) is 14.7 Å². The predicted molar refractivity (Wildman–Crippen MR) is 55.8 cm³/mol. The van der Waals surface area contributed by atoms with Crippen LogP contribution in [-0.4, -0.2) is 23.0 Å². The van der Waals surface area contributed by atoms with Gasteiger partial charge in [0.15, 0.2) is 0 Å². The average molecular weight is 208 g/mol. The van der Waals surface area contributed by atoms with Gasteiger partial charge in [-0.05, 0) is 12.8 Å². The van der Waals surface area contributed by atoms with Crippen molar-refractivity contribution in [2.24, 2.45) is 0 Å². The van der Waals surface area contributed by atoms with Gasteiger partial charge in [0.2, 0.25) is 0 Å². The number of methoxy groups -OCH3 is 1. The van der Waals surface area contributed by atoms with Crippen molar-refractivity contribution in [1.82, 2.24) is 9.97 Å². The first-order chi connectivity index (χ1) is 7.31. The third kappa shape index (κ3) is 2.19. The second-order valence-corrected chi connectivity index (χ2v) is 4.01. The number of imidazole rings is 1. The zero-order chi connectivity index (χ0) is 10.7. The molecule has 1 aromatic rings. The molecule has 2 rings (SSSR count). The molecule has 1 fully saturated rings. The van der Waals surface area contributed by atoms with Gasteiger partial charge in [-0.15, -0.1) is 0 Å². The van der Waals surface area contributed by atoms with Gasteiger partial charge in [0.25, 0.3) is 0 Å². The third-order valence-electron chi connectivity index (χ3n) is 2.99. The van der Waals surface area contributed by atoms with E-state index in [1.807, 2.05) is 0 Å². The van der Waals surface area contributed by atoms with Gasteiger partial charge >= 0.3 is 5.97 Å². The van der Waals surface area contributed by atoms with Gasteiger partial charge in [-0.2, -0.15) is 0 Å². The van der Waals surface area contributed by atoms with E-state index >= 15 is 0 Å². The van der Waals surface area contributed by atoms with Crippen molar-refractivity contribution >= 4 is 5.97 Å². The Hall–Kier alpha value is -1.32. The molecule has 15 heavy (non-hydrogen) atoms. The highest BCUT2D eigenvalue weighted by Crippen LogP contribution is 2.30. The fraction of sp³-hybridized carbons (Fsp3) is 0.636. The summed E-state index contributed by atoms with van der Waals surface area (Å²) >= 11 is 0. The average Bonchev–Trinajstić information content (AvgIpc) is 2.78. The zero-order valence-electron chi connectivity index (χ0n) is 8.95. The molecule has 0 aromatic carbocycles. The van der Waals surface area contributed by atoms with Crippen LogP contribution in [0.1, 0.15) is 54.3 Å². The second-order valence-electron chi connectivity index (χ2n) is 4.01. The number of aromatic amines is 1.